The molecule has 96 valence electrons. The highest BCUT2D eigenvalue weighted by molar-refractivity contribution is 7.15. The topological polar surface area (TPSA) is 36.4 Å². The minimum atomic E-state index is -0.779. The van der Waals surface area contributed by atoms with E-state index in [1.54, 1.807) is 11.3 Å². The van der Waals surface area contributed by atoms with E-state index in [4.69, 9.17) is 0 Å². The predicted molar refractivity (Wildman–Crippen MR) is 72.8 cm³/mol. The summed E-state index contributed by atoms with van der Waals surface area (Å²) in [5.41, 5.74) is 0.189. The molecule has 0 aromatic carbocycles. The summed E-state index contributed by atoms with van der Waals surface area (Å²) in [6.07, 6.45) is 3.82. The smallest absolute Gasteiger partial charge is 0.186 e. The van der Waals surface area contributed by atoms with Gasteiger partial charge in [0.25, 0.3) is 0 Å². The molecular formula is C13H22N2OS. The summed E-state index contributed by atoms with van der Waals surface area (Å²) in [5, 5.41) is 11.2. The summed E-state index contributed by atoms with van der Waals surface area (Å²) in [5.74, 6) is 0. The first-order valence-electron chi connectivity index (χ1n) is 6.36. The number of piperidine rings is 1. The average molecular weight is 254 g/mol. The number of nitrogens with zero attached hydrogens (tertiary/aromatic N) is 2. The Morgan fingerprint density at radius 1 is 1.41 bits per heavy atom. The first kappa shape index (κ1) is 12.8. The van der Waals surface area contributed by atoms with Crippen LogP contribution in [-0.4, -0.2) is 22.7 Å². The van der Waals surface area contributed by atoms with E-state index in [9.17, 15) is 5.11 Å². The SMILES string of the molecule is Cc1nc(N2CCCCC2C)sc1C(C)(C)O. The van der Waals surface area contributed by atoms with Gasteiger partial charge in [-0.3, -0.25) is 0 Å². The van der Waals surface area contributed by atoms with Crippen LogP contribution in [0.2, 0.25) is 0 Å². The highest BCUT2D eigenvalue weighted by Crippen LogP contribution is 2.36. The van der Waals surface area contributed by atoms with Crippen molar-refractivity contribution in [2.24, 2.45) is 0 Å². The Kier molecular flexibility index (Phi) is 3.46. The maximum absolute atomic E-state index is 10.1. The van der Waals surface area contributed by atoms with Crippen molar-refractivity contribution in [2.75, 3.05) is 11.4 Å². The third kappa shape index (κ3) is 2.63. The number of hydrogen-bond donors (Lipinski definition) is 1. The van der Waals surface area contributed by atoms with E-state index in [1.807, 2.05) is 20.8 Å². The molecule has 1 aromatic heterocycles. The zero-order valence-corrected chi connectivity index (χ0v) is 12.0. The van der Waals surface area contributed by atoms with Crippen molar-refractivity contribution in [3.8, 4) is 0 Å². The van der Waals surface area contributed by atoms with E-state index >= 15 is 0 Å². The van der Waals surface area contributed by atoms with E-state index < -0.39 is 5.60 Å². The van der Waals surface area contributed by atoms with Gasteiger partial charge in [0.05, 0.1) is 16.2 Å². The molecule has 1 unspecified atom stereocenters. The number of aryl methyl sites for hydroxylation is 1. The van der Waals surface area contributed by atoms with Crippen LogP contribution in [0.3, 0.4) is 0 Å². The van der Waals surface area contributed by atoms with Crippen LogP contribution in [0, 0.1) is 6.92 Å². The van der Waals surface area contributed by atoms with Crippen LogP contribution in [0.25, 0.3) is 0 Å². The van der Waals surface area contributed by atoms with Gasteiger partial charge in [-0.2, -0.15) is 0 Å². The standard InChI is InChI=1S/C13H22N2OS/c1-9-7-5-6-8-15(9)12-14-10(2)11(17-12)13(3,4)16/h9,16H,5-8H2,1-4H3. The molecule has 1 N–H and O–H groups in total. The summed E-state index contributed by atoms with van der Waals surface area (Å²) >= 11 is 1.64. The van der Waals surface area contributed by atoms with E-state index in [2.05, 4.69) is 16.8 Å². The van der Waals surface area contributed by atoms with Crippen LogP contribution in [0.15, 0.2) is 0 Å². The second kappa shape index (κ2) is 4.58. The number of thiazole rings is 1. The summed E-state index contributed by atoms with van der Waals surface area (Å²) in [4.78, 5) is 8.01. The average Bonchev–Trinajstić information content (AvgIpc) is 2.60. The van der Waals surface area contributed by atoms with Gasteiger partial charge in [0.1, 0.15) is 0 Å². The molecule has 1 saturated heterocycles. The highest BCUT2D eigenvalue weighted by Gasteiger charge is 2.27. The fraction of sp³-hybridized carbons (Fsp3) is 0.769. The molecule has 3 nitrogen and oxygen atoms in total. The Balaban J connectivity index is 2.28. The fourth-order valence-corrected chi connectivity index (χ4v) is 3.65. The van der Waals surface area contributed by atoms with Gasteiger partial charge in [-0.15, -0.1) is 0 Å². The largest absolute Gasteiger partial charge is 0.385 e. The van der Waals surface area contributed by atoms with Gasteiger partial charge in [-0.25, -0.2) is 4.98 Å². The lowest BCUT2D eigenvalue weighted by molar-refractivity contribution is 0.0817. The first-order valence-corrected chi connectivity index (χ1v) is 7.18. The Hall–Kier alpha value is -0.610. The van der Waals surface area contributed by atoms with Crippen LogP contribution in [-0.2, 0) is 5.60 Å². The van der Waals surface area contributed by atoms with Crippen LogP contribution in [0.5, 0.6) is 0 Å². The maximum Gasteiger partial charge on any atom is 0.186 e. The van der Waals surface area contributed by atoms with Crippen molar-refractivity contribution in [1.29, 1.82) is 0 Å². The molecule has 0 aliphatic carbocycles. The molecule has 4 heteroatoms. The third-order valence-electron chi connectivity index (χ3n) is 3.39. The molecule has 0 radical (unpaired) electrons. The summed E-state index contributed by atoms with van der Waals surface area (Å²) in [7, 11) is 0. The molecule has 2 rings (SSSR count). The number of aliphatic hydroxyl groups is 1. The van der Waals surface area contributed by atoms with Gasteiger partial charge >= 0.3 is 0 Å². The lowest BCUT2D eigenvalue weighted by Gasteiger charge is -2.33. The van der Waals surface area contributed by atoms with E-state index in [0.29, 0.717) is 6.04 Å². The molecular weight excluding hydrogens is 232 g/mol. The van der Waals surface area contributed by atoms with Gasteiger partial charge in [-0.1, -0.05) is 11.3 Å². The Morgan fingerprint density at radius 3 is 2.65 bits per heavy atom. The summed E-state index contributed by atoms with van der Waals surface area (Å²) in [6, 6.07) is 0.573. The Morgan fingerprint density at radius 2 is 2.12 bits per heavy atom. The lowest BCUT2D eigenvalue weighted by atomic mass is 10.0. The predicted octanol–water partition coefficient (Wildman–Crippen LogP) is 3.06. The van der Waals surface area contributed by atoms with Crippen molar-refractivity contribution in [1.82, 2.24) is 4.98 Å². The highest BCUT2D eigenvalue weighted by atomic mass is 32.1. The molecule has 1 aromatic rings. The van der Waals surface area contributed by atoms with Crippen molar-refractivity contribution in [3.63, 3.8) is 0 Å². The summed E-state index contributed by atoms with van der Waals surface area (Å²) < 4.78 is 0. The molecule has 0 spiro atoms. The maximum atomic E-state index is 10.1. The van der Waals surface area contributed by atoms with Gasteiger partial charge in [0.15, 0.2) is 5.13 Å². The van der Waals surface area contributed by atoms with Gasteiger partial charge in [0, 0.05) is 12.6 Å². The zero-order valence-electron chi connectivity index (χ0n) is 11.2. The number of anilines is 1. The second-order valence-corrected chi connectivity index (χ2v) is 6.49. The van der Waals surface area contributed by atoms with Crippen molar-refractivity contribution in [3.05, 3.63) is 10.6 Å². The molecule has 1 atom stereocenters. The van der Waals surface area contributed by atoms with E-state index in [-0.39, 0.29) is 0 Å². The molecule has 1 aliphatic rings. The molecule has 0 saturated carbocycles. The summed E-state index contributed by atoms with van der Waals surface area (Å²) in [6.45, 7) is 9.01. The fourth-order valence-electron chi connectivity index (χ4n) is 2.45. The molecule has 17 heavy (non-hydrogen) atoms. The molecule has 0 amide bonds. The monoisotopic (exact) mass is 254 g/mol. The number of hydrogen-bond acceptors (Lipinski definition) is 4. The number of aromatic nitrogens is 1. The van der Waals surface area contributed by atoms with Crippen LogP contribution >= 0.6 is 11.3 Å². The minimum absolute atomic E-state index is 0.573. The minimum Gasteiger partial charge on any atom is -0.385 e. The molecule has 0 bridgehead atoms. The van der Waals surface area contributed by atoms with Crippen molar-refractivity contribution >= 4 is 16.5 Å². The first-order chi connectivity index (χ1) is 7.89. The molecule has 2 heterocycles. The molecule has 1 aliphatic heterocycles. The van der Waals surface area contributed by atoms with Crippen LogP contribution < -0.4 is 4.90 Å². The van der Waals surface area contributed by atoms with Crippen LogP contribution in [0.1, 0.15) is 50.6 Å². The van der Waals surface area contributed by atoms with Gasteiger partial charge < -0.3 is 10.0 Å². The van der Waals surface area contributed by atoms with E-state index in [0.717, 1.165) is 22.2 Å². The normalized spacial score (nSPS) is 21.9. The third-order valence-corrected chi connectivity index (χ3v) is 4.90. The number of rotatable bonds is 2. The van der Waals surface area contributed by atoms with Crippen molar-refractivity contribution < 1.29 is 5.11 Å². The Bertz CT molecular complexity index is 395. The second-order valence-electron chi connectivity index (χ2n) is 5.51. The van der Waals surface area contributed by atoms with Crippen molar-refractivity contribution in [2.45, 2.75) is 58.6 Å². The van der Waals surface area contributed by atoms with Gasteiger partial charge in [0.2, 0.25) is 0 Å². The van der Waals surface area contributed by atoms with E-state index in [1.165, 1.54) is 19.3 Å². The Labute approximate surface area is 107 Å². The van der Waals surface area contributed by atoms with Gasteiger partial charge in [-0.05, 0) is 47.0 Å². The molecule has 1 fully saturated rings. The van der Waals surface area contributed by atoms with Crippen LogP contribution in [0.4, 0.5) is 5.13 Å². The zero-order chi connectivity index (χ0) is 12.6. The quantitative estimate of drug-likeness (QED) is 0.881. The lowest BCUT2D eigenvalue weighted by Crippen LogP contribution is -2.37.